The van der Waals surface area contributed by atoms with Gasteiger partial charge in [-0.1, -0.05) is 136 Å². The maximum atomic E-state index is 12.6. The van der Waals surface area contributed by atoms with E-state index in [-0.39, 0.29) is 25.2 Å². The highest BCUT2D eigenvalue weighted by molar-refractivity contribution is 7.47. The summed E-state index contributed by atoms with van der Waals surface area (Å²) < 4.78 is 32.6. The Morgan fingerprint density at radius 2 is 1.08 bits per heavy atom. The molecule has 3 atom stereocenters. The molecule has 0 radical (unpaired) electrons. The van der Waals surface area contributed by atoms with E-state index in [9.17, 15) is 28.9 Å². The van der Waals surface area contributed by atoms with E-state index >= 15 is 0 Å². The van der Waals surface area contributed by atoms with Crippen LogP contribution in [0.15, 0.2) is 109 Å². The number of aliphatic hydroxyl groups excluding tert-OH is 2. The number of aliphatic hydroxyl groups is 2. The molecule has 11 nitrogen and oxygen atoms in total. The summed E-state index contributed by atoms with van der Waals surface area (Å²) in [5.41, 5.74) is 0. The fourth-order valence-corrected chi connectivity index (χ4v) is 5.81. The van der Waals surface area contributed by atoms with Crippen molar-refractivity contribution in [1.29, 1.82) is 0 Å². The lowest BCUT2D eigenvalue weighted by atomic mass is 10.1. The topological polar surface area (TPSA) is 166 Å². The molecule has 0 aromatic heterocycles. The minimum absolute atomic E-state index is 0.114. The average Bonchev–Trinajstić information content (AvgIpc) is 3.23. The second kappa shape index (κ2) is 42.0. The van der Waals surface area contributed by atoms with E-state index in [1.807, 2.05) is 36.5 Å². The highest BCUT2D eigenvalue weighted by Gasteiger charge is 2.27. The van der Waals surface area contributed by atoms with Crippen LogP contribution in [0, 0.1) is 0 Å². The van der Waals surface area contributed by atoms with Gasteiger partial charge in [-0.25, -0.2) is 4.57 Å². The molecule has 3 N–H and O–H groups in total. The number of hydrogen-bond acceptors (Lipinski definition) is 10. The molecule has 0 aromatic carbocycles. The third-order valence-corrected chi connectivity index (χ3v) is 9.34. The van der Waals surface area contributed by atoms with E-state index in [1.54, 1.807) is 12.2 Å². The summed E-state index contributed by atoms with van der Waals surface area (Å²) in [7, 11) is -4.66. The maximum absolute atomic E-state index is 12.6. The lowest BCUT2D eigenvalue weighted by molar-refractivity contribution is -0.161. The molecule has 0 spiro atoms. The maximum Gasteiger partial charge on any atom is 0.472 e. The van der Waals surface area contributed by atoms with Gasteiger partial charge in [-0.15, -0.1) is 0 Å². The van der Waals surface area contributed by atoms with Crippen molar-refractivity contribution < 1.29 is 52.6 Å². The van der Waals surface area contributed by atoms with E-state index in [2.05, 4.69) is 79.1 Å². The number of allylic oxidation sites excluding steroid dienone is 18. The summed E-state index contributed by atoms with van der Waals surface area (Å²) in [5.74, 6) is -0.920. The van der Waals surface area contributed by atoms with Gasteiger partial charge in [-0.2, -0.15) is 0 Å². The lowest BCUT2D eigenvalue weighted by Crippen LogP contribution is -2.29. The number of hydrogen-bond donors (Lipinski definition) is 3. The number of carbonyl (C=O) groups is 3. The predicted octanol–water partition coefficient (Wildman–Crippen LogP) is 11.0. The van der Waals surface area contributed by atoms with E-state index in [1.165, 1.54) is 0 Å². The number of esters is 2. The van der Waals surface area contributed by atoms with Gasteiger partial charge in [-0.3, -0.25) is 23.4 Å². The molecule has 0 saturated heterocycles. The van der Waals surface area contributed by atoms with Gasteiger partial charge in [0.05, 0.1) is 19.8 Å². The van der Waals surface area contributed by atoms with Crippen molar-refractivity contribution in [3.8, 4) is 0 Å². The van der Waals surface area contributed by atoms with Crippen LogP contribution in [-0.4, -0.2) is 71.5 Å². The van der Waals surface area contributed by atoms with Crippen molar-refractivity contribution in [2.75, 3.05) is 26.4 Å². The van der Waals surface area contributed by atoms with Crippen molar-refractivity contribution >= 4 is 25.5 Å². The molecule has 60 heavy (non-hydrogen) atoms. The molecule has 0 bridgehead atoms. The number of carbonyl (C=O) groups excluding carboxylic acids is 3. The van der Waals surface area contributed by atoms with Crippen LogP contribution in [0.4, 0.5) is 0 Å². The van der Waals surface area contributed by atoms with Gasteiger partial charge in [0.15, 0.2) is 11.9 Å². The normalized spacial score (nSPS) is 14.8. The molecule has 0 aliphatic carbocycles. The van der Waals surface area contributed by atoms with E-state index in [4.69, 9.17) is 19.1 Å². The van der Waals surface area contributed by atoms with E-state index in [0.29, 0.717) is 25.7 Å². The van der Waals surface area contributed by atoms with Gasteiger partial charge in [0.2, 0.25) is 0 Å². The molecule has 0 amide bonds. The van der Waals surface area contributed by atoms with Crippen LogP contribution in [0.25, 0.3) is 0 Å². The third kappa shape index (κ3) is 41.1. The van der Waals surface area contributed by atoms with Gasteiger partial charge >= 0.3 is 19.8 Å². The molecular weight excluding hydrogens is 783 g/mol. The van der Waals surface area contributed by atoms with Crippen molar-refractivity contribution in [2.45, 2.75) is 148 Å². The Hall–Kier alpha value is -3.70. The monoisotopic (exact) mass is 859 g/mol. The van der Waals surface area contributed by atoms with Crippen molar-refractivity contribution in [3.05, 3.63) is 109 Å². The van der Waals surface area contributed by atoms with Crippen molar-refractivity contribution in [3.63, 3.8) is 0 Å². The molecule has 1 unspecified atom stereocenters. The smallest absolute Gasteiger partial charge is 0.462 e. The summed E-state index contributed by atoms with van der Waals surface area (Å²) in [6.07, 6.45) is 49.0. The summed E-state index contributed by atoms with van der Waals surface area (Å²) >= 11 is 0. The minimum atomic E-state index is -4.66. The largest absolute Gasteiger partial charge is 0.472 e. The quantitative estimate of drug-likeness (QED) is 0.0134. The molecule has 0 saturated carbocycles. The number of rotatable bonds is 39. The summed E-state index contributed by atoms with van der Waals surface area (Å²) in [4.78, 5) is 46.7. The fraction of sp³-hybridized carbons (Fsp3) is 0.562. The zero-order chi connectivity index (χ0) is 44.2. The molecule has 0 rings (SSSR count). The molecule has 0 aliphatic heterocycles. The van der Waals surface area contributed by atoms with Gasteiger partial charge in [-0.05, 0) is 89.5 Å². The number of phosphoric acid groups is 1. The van der Waals surface area contributed by atoms with Gasteiger partial charge in [0.25, 0.3) is 0 Å². The first kappa shape index (κ1) is 56.3. The molecule has 338 valence electrons. The van der Waals surface area contributed by atoms with Crippen LogP contribution < -0.4 is 0 Å². The predicted molar refractivity (Wildman–Crippen MR) is 242 cm³/mol. The molecule has 0 aromatic rings. The SMILES string of the molecule is CC/C=C\C/C=C\C/C=C\C/C=C\C/C=C\CCCCCC(=O)O[C@H](COC(=O)CCC/C=C\C/C=C\C/C=C\C=C\C(=O)CCCCC)COP(=O)(O)OC[C@@H](O)CO. The zero-order valence-electron chi connectivity index (χ0n) is 36.4. The second-order valence-electron chi connectivity index (χ2n) is 14.0. The highest BCUT2D eigenvalue weighted by Crippen LogP contribution is 2.43. The van der Waals surface area contributed by atoms with Gasteiger partial charge < -0.3 is 24.6 Å². The number of unbranched alkanes of at least 4 members (excludes halogenated alkanes) is 6. The highest BCUT2D eigenvalue weighted by atomic mass is 31.2. The Labute approximate surface area is 361 Å². The first-order chi connectivity index (χ1) is 29.1. The van der Waals surface area contributed by atoms with Crippen molar-refractivity contribution in [1.82, 2.24) is 0 Å². The summed E-state index contributed by atoms with van der Waals surface area (Å²) in [6.45, 7) is 1.95. The molecule has 0 fully saturated rings. The van der Waals surface area contributed by atoms with Crippen LogP contribution >= 0.6 is 7.82 Å². The van der Waals surface area contributed by atoms with Crippen LogP contribution in [0.1, 0.15) is 136 Å². The number of ketones is 1. The lowest BCUT2D eigenvalue weighted by Gasteiger charge is -2.20. The average molecular weight is 859 g/mol. The second-order valence-corrected chi connectivity index (χ2v) is 15.5. The number of ether oxygens (including phenoxy) is 2. The first-order valence-electron chi connectivity index (χ1n) is 21.8. The van der Waals surface area contributed by atoms with Gasteiger partial charge in [0, 0.05) is 19.3 Å². The Kier molecular flexibility index (Phi) is 39.4. The van der Waals surface area contributed by atoms with Crippen LogP contribution in [-0.2, 0) is 37.5 Å². The van der Waals surface area contributed by atoms with Crippen LogP contribution in [0.2, 0.25) is 0 Å². The number of phosphoric ester groups is 1. The first-order valence-corrected chi connectivity index (χ1v) is 23.3. The Morgan fingerprint density at radius 1 is 0.567 bits per heavy atom. The van der Waals surface area contributed by atoms with Crippen LogP contribution in [0.3, 0.4) is 0 Å². The Balaban J connectivity index is 4.52. The van der Waals surface area contributed by atoms with E-state index in [0.717, 1.165) is 83.5 Å². The summed E-state index contributed by atoms with van der Waals surface area (Å²) in [5, 5.41) is 18.3. The van der Waals surface area contributed by atoms with E-state index < -0.39 is 51.8 Å². The van der Waals surface area contributed by atoms with Crippen LogP contribution in [0.5, 0.6) is 0 Å². The third-order valence-electron chi connectivity index (χ3n) is 8.39. The summed E-state index contributed by atoms with van der Waals surface area (Å²) in [6, 6.07) is 0. The molecule has 0 heterocycles. The van der Waals surface area contributed by atoms with Crippen molar-refractivity contribution in [2.24, 2.45) is 0 Å². The molecule has 12 heteroatoms. The minimum Gasteiger partial charge on any atom is -0.462 e. The van der Waals surface area contributed by atoms with Gasteiger partial charge in [0.1, 0.15) is 12.7 Å². The Morgan fingerprint density at radius 3 is 1.67 bits per heavy atom. The molecule has 0 aliphatic rings. The zero-order valence-corrected chi connectivity index (χ0v) is 37.3. The Bertz CT molecular complexity index is 1420. The molecular formula is C48H75O11P. The standard InChI is InChI=1S/C48H75O11P/c1-3-5-7-8-9-10-11-12-13-14-15-16-17-18-21-25-28-31-35-39-48(53)59-46(43-58-60(54,55)57-41-45(51)40-49)42-56-47(52)38-34-30-27-24-22-19-20-23-26-29-33-37-44(50)36-32-6-4-2/h5,7,9-10,12-13,15-16,18-21,24,26-27,29,33,37,45-46,49,51H,3-4,6,8,11,14,17,22-23,25,28,30-32,34-36,38-43H2,1-2H3,(H,54,55)/b7-5-,10-9-,13-12-,16-15-,20-19-,21-18-,27-24-,29-26-,37-33+/t45-,46+/m0/s1. The fourth-order valence-electron chi connectivity index (χ4n) is 5.02.